The van der Waals surface area contributed by atoms with Crippen molar-refractivity contribution in [2.45, 2.75) is 37.4 Å². The second-order valence-electron chi connectivity index (χ2n) is 6.99. The van der Waals surface area contributed by atoms with Crippen LogP contribution in [-0.4, -0.2) is 43.4 Å². The maximum absolute atomic E-state index is 12.3. The zero-order valence-corrected chi connectivity index (χ0v) is 14.2. The summed E-state index contributed by atoms with van der Waals surface area (Å²) in [6, 6.07) is 7.40. The van der Waals surface area contributed by atoms with Crippen LogP contribution in [0.25, 0.3) is 11.0 Å². The van der Waals surface area contributed by atoms with Crippen LogP contribution in [0.5, 0.6) is 0 Å². The molecule has 0 radical (unpaired) electrons. The van der Waals surface area contributed by atoms with Crippen molar-refractivity contribution in [1.29, 1.82) is 0 Å². The molecule has 0 spiro atoms. The molecule has 3 N–H and O–H groups in total. The van der Waals surface area contributed by atoms with E-state index in [1.165, 1.54) is 0 Å². The summed E-state index contributed by atoms with van der Waals surface area (Å²) in [6.45, 7) is 2.88. The standard InChI is InChI=1S/C19H24N2O4/c22-18(21-12-15-2-1-9-24-15)17-11-13-10-14(3-4-16(13)25-17)19(23)5-7-20-8-6-19/h3-4,10-11,15,20,23H,1-2,5-9,12H2,(H,21,22). The van der Waals surface area contributed by atoms with Crippen LogP contribution in [-0.2, 0) is 10.3 Å². The van der Waals surface area contributed by atoms with Gasteiger partial charge in [0.15, 0.2) is 5.76 Å². The van der Waals surface area contributed by atoms with E-state index < -0.39 is 5.60 Å². The summed E-state index contributed by atoms with van der Waals surface area (Å²) in [7, 11) is 0. The topological polar surface area (TPSA) is 83.7 Å². The first-order valence-corrected chi connectivity index (χ1v) is 9.01. The molecular formula is C19H24N2O4. The molecule has 6 heteroatoms. The molecule has 1 aromatic carbocycles. The SMILES string of the molecule is O=C(NCC1CCCO1)c1cc2cc(C3(O)CCNCC3)ccc2o1. The van der Waals surface area contributed by atoms with Gasteiger partial charge in [0.25, 0.3) is 5.91 Å². The lowest BCUT2D eigenvalue weighted by atomic mass is 9.85. The molecule has 2 saturated heterocycles. The molecule has 0 saturated carbocycles. The largest absolute Gasteiger partial charge is 0.451 e. The number of hydrogen-bond acceptors (Lipinski definition) is 5. The lowest BCUT2D eigenvalue weighted by Crippen LogP contribution is -2.39. The zero-order chi connectivity index (χ0) is 17.3. The van der Waals surface area contributed by atoms with Gasteiger partial charge in [-0.05, 0) is 62.5 Å². The number of carbonyl (C=O) groups excluding carboxylic acids is 1. The van der Waals surface area contributed by atoms with Gasteiger partial charge in [-0.3, -0.25) is 4.79 Å². The number of carbonyl (C=O) groups is 1. The average molecular weight is 344 g/mol. The Morgan fingerprint density at radius 3 is 2.92 bits per heavy atom. The summed E-state index contributed by atoms with van der Waals surface area (Å²) in [5.74, 6) is 0.0660. The van der Waals surface area contributed by atoms with Crippen LogP contribution in [0.3, 0.4) is 0 Å². The van der Waals surface area contributed by atoms with Crippen molar-refractivity contribution in [2.24, 2.45) is 0 Å². The number of furan rings is 1. The molecular weight excluding hydrogens is 320 g/mol. The Labute approximate surface area is 146 Å². The molecule has 1 amide bonds. The number of ether oxygens (including phenoxy) is 1. The van der Waals surface area contributed by atoms with Gasteiger partial charge in [0.2, 0.25) is 0 Å². The molecule has 2 aliphatic rings. The molecule has 2 aliphatic heterocycles. The fraction of sp³-hybridized carbons (Fsp3) is 0.526. The smallest absolute Gasteiger partial charge is 0.287 e. The van der Waals surface area contributed by atoms with Crippen molar-refractivity contribution in [3.63, 3.8) is 0 Å². The minimum absolute atomic E-state index is 0.106. The van der Waals surface area contributed by atoms with Crippen LogP contribution in [0.2, 0.25) is 0 Å². The van der Waals surface area contributed by atoms with Gasteiger partial charge in [-0.2, -0.15) is 0 Å². The van der Waals surface area contributed by atoms with E-state index in [9.17, 15) is 9.90 Å². The maximum atomic E-state index is 12.3. The molecule has 1 atom stereocenters. The number of aliphatic hydroxyl groups is 1. The van der Waals surface area contributed by atoms with Crippen LogP contribution in [0.1, 0.15) is 41.8 Å². The Balaban J connectivity index is 1.50. The fourth-order valence-corrected chi connectivity index (χ4v) is 3.67. The summed E-state index contributed by atoms with van der Waals surface area (Å²) < 4.78 is 11.2. The van der Waals surface area contributed by atoms with Gasteiger partial charge in [-0.15, -0.1) is 0 Å². The third kappa shape index (κ3) is 3.42. The van der Waals surface area contributed by atoms with E-state index in [0.717, 1.165) is 43.5 Å². The number of fused-ring (bicyclic) bond motifs is 1. The van der Waals surface area contributed by atoms with Gasteiger partial charge in [0, 0.05) is 18.5 Å². The lowest BCUT2D eigenvalue weighted by Gasteiger charge is -2.33. The van der Waals surface area contributed by atoms with Gasteiger partial charge in [0.1, 0.15) is 5.58 Å². The van der Waals surface area contributed by atoms with E-state index in [4.69, 9.17) is 9.15 Å². The van der Waals surface area contributed by atoms with E-state index in [2.05, 4.69) is 10.6 Å². The Bertz CT molecular complexity index is 758. The Kier molecular flexibility index (Phi) is 4.50. The quantitative estimate of drug-likeness (QED) is 0.789. The summed E-state index contributed by atoms with van der Waals surface area (Å²) >= 11 is 0. The molecule has 3 heterocycles. The van der Waals surface area contributed by atoms with Crippen LogP contribution in [0.4, 0.5) is 0 Å². The third-order valence-electron chi connectivity index (χ3n) is 5.22. The van der Waals surface area contributed by atoms with Gasteiger partial charge in [-0.1, -0.05) is 6.07 Å². The van der Waals surface area contributed by atoms with E-state index in [-0.39, 0.29) is 12.0 Å². The molecule has 1 unspecified atom stereocenters. The van der Waals surface area contributed by atoms with Gasteiger partial charge < -0.3 is 24.9 Å². The molecule has 2 fully saturated rings. The van der Waals surface area contributed by atoms with Crippen molar-refractivity contribution in [3.8, 4) is 0 Å². The summed E-state index contributed by atoms with van der Waals surface area (Å²) in [4.78, 5) is 12.3. The molecule has 1 aromatic heterocycles. The van der Waals surface area contributed by atoms with E-state index in [0.29, 0.717) is 30.7 Å². The number of piperidine rings is 1. The number of hydrogen-bond donors (Lipinski definition) is 3. The number of rotatable bonds is 4. The number of nitrogens with one attached hydrogen (secondary N) is 2. The first-order valence-electron chi connectivity index (χ1n) is 9.01. The van der Waals surface area contributed by atoms with Crippen LogP contribution < -0.4 is 10.6 Å². The van der Waals surface area contributed by atoms with Crippen LogP contribution >= 0.6 is 0 Å². The molecule has 6 nitrogen and oxygen atoms in total. The monoisotopic (exact) mass is 344 g/mol. The Hall–Kier alpha value is -1.89. The summed E-state index contributed by atoms with van der Waals surface area (Å²) in [5, 5.41) is 17.8. The minimum Gasteiger partial charge on any atom is -0.451 e. The second kappa shape index (κ2) is 6.78. The number of benzene rings is 1. The Morgan fingerprint density at radius 2 is 2.16 bits per heavy atom. The highest BCUT2D eigenvalue weighted by molar-refractivity contribution is 5.96. The third-order valence-corrected chi connectivity index (χ3v) is 5.22. The number of amides is 1. The predicted molar refractivity (Wildman–Crippen MR) is 93.5 cm³/mol. The molecule has 2 aromatic rings. The van der Waals surface area contributed by atoms with Crippen molar-refractivity contribution < 1.29 is 19.1 Å². The highest BCUT2D eigenvalue weighted by Crippen LogP contribution is 2.33. The van der Waals surface area contributed by atoms with Crippen LogP contribution in [0, 0.1) is 0 Å². The molecule has 0 bridgehead atoms. The molecule has 0 aliphatic carbocycles. The zero-order valence-electron chi connectivity index (χ0n) is 14.2. The Morgan fingerprint density at radius 1 is 1.32 bits per heavy atom. The molecule has 4 rings (SSSR count). The van der Waals surface area contributed by atoms with Crippen molar-refractivity contribution in [3.05, 3.63) is 35.6 Å². The summed E-state index contributed by atoms with van der Waals surface area (Å²) in [5.41, 5.74) is 0.732. The molecule has 25 heavy (non-hydrogen) atoms. The maximum Gasteiger partial charge on any atom is 0.287 e. The second-order valence-corrected chi connectivity index (χ2v) is 6.99. The van der Waals surface area contributed by atoms with E-state index >= 15 is 0 Å². The fourth-order valence-electron chi connectivity index (χ4n) is 3.67. The predicted octanol–water partition coefficient (Wildman–Crippen LogP) is 1.91. The first kappa shape index (κ1) is 16.6. The van der Waals surface area contributed by atoms with Gasteiger partial charge in [-0.25, -0.2) is 0 Å². The van der Waals surface area contributed by atoms with E-state index in [1.807, 2.05) is 18.2 Å². The van der Waals surface area contributed by atoms with Gasteiger partial charge in [0.05, 0.1) is 11.7 Å². The van der Waals surface area contributed by atoms with Crippen molar-refractivity contribution in [1.82, 2.24) is 10.6 Å². The molecule has 134 valence electrons. The normalized spacial score (nSPS) is 23.0. The summed E-state index contributed by atoms with van der Waals surface area (Å²) in [6.07, 6.45) is 3.51. The van der Waals surface area contributed by atoms with Gasteiger partial charge >= 0.3 is 0 Å². The highest BCUT2D eigenvalue weighted by Gasteiger charge is 2.31. The lowest BCUT2D eigenvalue weighted by molar-refractivity contribution is 0.00605. The van der Waals surface area contributed by atoms with Crippen molar-refractivity contribution >= 4 is 16.9 Å². The van der Waals surface area contributed by atoms with Crippen molar-refractivity contribution in [2.75, 3.05) is 26.2 Å². The van der Waals surface area contributed by atoms with Crippen LogP contribution in [0.15, 0.2) is 28.7 Å². The first-order chi connectivity index (χ1) is 12.1. The average Bonchev–Trinajstić information content (AvgIpc) is 3.29. The minimum atomic E-state index is -0.807. The van der Waals surface area contributed by atoms with E-state index in [1.54, 1.807) is 6.07 Å². The highest BCUT2D eigenvalue weighted by atomic mass is 16.5.